The van der Waals surface area contributed by atoms with Crippen molar-refractivity contribution in [2.24, 2.45) is 0 Å². The quantitative estimate of drug-likeness (QED) is 0.875. The first kappa shape index (κ1) is 18.9. The van der Waals surface area contributed by atoms with E-state index < -0.39 is 11.6 Å². The van der Waals surface area contributed by atoms with Gasteiger partial charge in [0.25, 0.3) is 0 Å². The van der Waals surface area contributed by atoms with Crippen LogP contribution in [0.15, 0.2) is 42.5 Å². The van der Waals surface area contributed by atoms with Crippen LogP contribution < -0.4 is 15.0 Å². The van der Waals surface area contributed by atoms with Crippen molar-refractivity contribution < 1.29 is 18.3 Å². The lowest BCUT2D eigenvalue weighted by molar-refractivity contribution is 0.208. The molecule has 144 valence electrons. The number of carbonyl (C=O) groups is 1. The summed E-state index contributed by atoms with van der Waals surface area (Å²) in [6.45, 7) is 5.78. The molecule has 0 bridgehead atoms. The Morgan fingerprint density at radius 1 is 1.04 bits per heavy atom. The maximum absolute atomic E-state index is 13.9. The van der Waals surface area contributed by atoms with Crippen molar-refractivity contribution in [1.29, 1.82) is 0 Å². The van der Waals surface area contributed by atoms with Crippen LogP contribution in [0, 0.1) is 11.6 Å². The molecular formula is C20H23F2N3O2. The molecule has 0 unspecified atom stereocenters. The molecule has 7 heteroatoms. The van der Waals surface area contributed by atoms with Crippen LogP contribution >= 0.6 is 0 Å². The van der Waals surface area contributed by atoms with Crippen molar-refractivity contribution in [1.82, 2.24) is 4.90 Å². The van der Waals surface area contributed by atoms with Gasteiger partial charge in [0.05, 0.1) is 11.8 Å². The van der Waals surface area contributed by atoms with Gasteiger partial charge in [0, 0.05) is 37.9 Å². The number of amides is 2. The standard InChI is InChI=1S/C20H23F2N3O2/c1-14(2)27-17-6-4-16(5-7-17)23-20(26)25-11-9-24(10-12-25)19-8-3-15(21)13-18(19)22/h3-8,13-14H,9-12H2,1-2H3,(H,23,26). The Morgan fingerprint density at radius 3 is 2.30 bits per heavy atom. The van der Waals surface area contributed by atoms with Crippen LogP contribution in [0.5, 0.6) is 5.75 Å². The molecule has 1 heterocycles. The minimum atomic E-state index is -0.598. The second kappa shape index (κ2) is 8.24. The van der Waals surface area contributed by atoms with E-state index >= 15 is 0 Å². The number of hydrogen-bond acceptors (Lipinski definition) is 3. The molecular weight excluding hydrogens is 352 g/mol. The molecule has 1 aliphatic rings. The topological polar surface area (TPSA) is 44.8 Å². The van der Waals surface area contributed by atoms with E-state index in [-0.39, 0.29) is 12.1 Å². The third kappa shape index (κ3) is 4.87. The maximum atomic E-state index is 13.9. The second-order valence-electron chi connectivity index (χ2n) is 6.69. The molecule has 2 aromatic rings. The lowest BCUT2D eigenvalue weighted by Crippen LogP contribution is -2.50. The van der Waals surface area contributed by atoms with Crippen LogP contribution in [0.2, 0.25) is 0 Å². The Labute approximate surface area is 157 Å². The number of benzene rings is 2. The van der Waals surface area contributed by atoms with E-state index in [2.05, 4.69) is 5.32 Å². The number of nitrogens with one attached hydrogen (secondary N) is 1. The second-order valence-corrected chi connectivity index (χ2v) is 6.69. The molecule has 1 N–H and O–H groups in total. The molecule has 1 aliphatic heterocycles. The summed E-state index contributed by atoms with van der Waals surface area (Å²) in [6.07, 6.45) is 0.0904. The number of anilines is 2. The summed E-state index contributed by atoms with van der Waals surface area (Å²) in [5.41, 5.74) is 1.04. The Hall–Kier alpha value is -2.83. The number of halogens is 2. The highest BCUT2D eigenvalue weighted by molar-refractivity contribution is 5.89. The van der Waals surface area contributed by atoms with E-state index in [4.69, 9.17) is 4.74 Å². The van der Waals surface area contributed by atoms with Crippen molar-refractivity contribution in [3.63, 3.8) is 0 Å². The molecule has 2 amide bonds. The Kier molecular flexibility index (Phi) is 5.78. The van der Waals surface area contributed by atoms with Gasteiger partial charge in [-0.2, -0.15) is 0 Å². The first-order chi connectivity index (χ1) is 12.9. The van der Waals surface area contributed by atoms with E-state index in [0.29, 0.717) is 37.6 Å². The van der Waals surface area contributed by atoms with Gasteiger partial charge in [0.1, 0.15) is 17.4 Å². The van der Waals surface area contributed by atoms with Gasteiger partial charge >= 0.3 is 6.03 Å². The van der Waals surface area contributed by atoms with Crippen LogP contribution in [0.4, 0.5) is 25.0 Å². The van der Waals surface area contributed by atoms with Gasteiger partial charge in [-0.05, 0) is 50.2 Å². The smallest absolute Gasteiger partial charge is 0.321 e. The Morgan fingerprint density at radius 2 is 1.70 bits per heavy atom. The van der Waals surface area contributed by atoms with Gasteiger partial charge in [-0.15, -0.1) is 0 Å². The highest BCUT2D eigenvalue weighted by atomic mass is 19.1. The summed E-state index contributed by atoms with van der Waals surface area (Å²) >= 11 is 0. The Bertz CT molecular complexity index is 788. The lowest BCUT2D eigenvalue weighted by atomic mass is 10.2. The zero-order valence-electron chi connectivity index (χ0n) is 15.4. The number of rotatable bonds is 4. The minimum absolute atomic E-state index is 0.0904. The fraction of sp³-hybridized carbons (Fsp3) is 0.350. The summed E-state index contributed by atoms with van der Waals surface area (Å²) in [6, 6.07) is 10.5. The van der Waals surface area contributed by atoms with Crippen molar-refractivity contribution in [3.8, 4) is 5.75 Å². The predicted octanol–water partition coefficient (Wildman–Crippen LogP) is 4.11. The molecule has 0 atom stereocenters. The fourth-order valence-electron chi connectivity index (χ4n) is 2.98. The summed E-state index contributed by atoms with van der Waals surface area (Å²) in [4.78, 5) is 15.9. The normalized spacial score (nSPS) is 14.4. The lowest BCUT2D eigenvalue weighted by Gasteiger charge is -2.36. The summed E-state index contributed by atoms with van der Waals surface area (Å²) in [7, 11) is 0. The van der Waals surface area contributed by atoms with Crippen LogP contribution in [0.1, 0.15) is 13.8 Å². The van der Waals surface area contributed by atoms with Crippen molar-refractivity contribution in [2.45, 2.75) is 20.0 Å². The molecule has 1 fully saturated rings. The first-order valence-electron chi connectivity index (χ1n) is 8.95. The van der Waals surface area contributed by atoms with Crippen molar-refractivity contribution in [2.75, 3.05) is 36.4 Å². The molecule has 1 saturated heterocycles. The van der Waals surface area contributed by atoms with Crippen LogP contribution in [-0.2, 0) is 0 Å². The van der Waals surface area contributed by atoms with Crippen molar-refractivity contribution in [3.05, 3.63) is 54.1 Å². The molecule has 0 saturated carbocycles. The monoisotopic (exact) mass is 375 g/mol. The number of urea groups is 1. The largest absolute Gasteiger partial charge is 0.491 e. The van der Waals surface area contributed by atoms with Crippen LogP contribution in [0.25, 0.3) is 0 Å². The van der Waals surface area contributed by atoms with Crippen LogP contribution in [-0.4, -0.2) is 43.2 Å². The van der Waals surface area contributed by atoms with E-state index in [1.165, 1.54) is 12.1 Å². The minimum Gasteiger partial charge on any atom is -0.491 e. The molecule has 0 radical (unpaired) electrons. The van der Waals surface area contributed by atoms with Gasteiger partial charge in [0.15, 0.2) is 0 Å². The number of hydrogen-bond donors (Lipinski definition) is 1. The van der Waals surface area contributed by atoms with E-state index in [1.54, 1.807) is 17.0 Å². The number of piperazine rings is 1. The van der Waals surface area contributed by atoms with Crippen molar-refractivity contribution >= 4 is 17.4 Å². The van der Waals surface area contributed by atoms with Crippen LogP contribution in [0.3, 0.4) is 0 Å². The predicted molar refractivity (Wildman–Crippen MR) is 101 cm³/mol. The zero-order chi connectivity index (χ0) is 19.4. The Balaban J connectivity index is 1.54. The molecule has 27 heavy (non-hydrogen) atoms. The summed E-state index contributed by atoms with van der Waals surface area (Å²) in [5.74, 6) is -0.436. The highest BCUT2D eigenvalue weighted by Crippen LogP contribution is 2.22. The molecule has 5 nitrogen and oxygen atoms in total. The van der Waals surface area contributed by atoms with E-state index in [1.807, 2.05) is 30.9 Å². The summed E-state index contributed by atoms with van der Waals surface area (Å²) in [5, 5.41) is 2.85. The highest BCUT2D eigenvalue weighted by Gasteiger charge is 2.23. The molecule has 2 aromatic carbocycles. The molecule has 3 rings (SSSR count). The zero-order valence-corrected chi connectivity index (χ0v) is 15.4. The van der Waals surface area contributed by atoms with Gasteiger partial charge < -0.3 is 19.9 Å². The van der Waals surface area contributed by atoms with Gasteiger partial charge in [-0.3, -0.25) is 0 Å². The van der Waals surface area contributed by atoms with E-state index in [9.17, 15) is 13.6 Å². The van der Waals surface area contributed by atoms with Gasteiger partial charge in [0.2, 0.25) is 0 Å². The molecule has 0 aromatic heterocycles. The SMILES string of the molecule is CC(C)Oc1ccc(NC(=O)N2CCN(c3ccc(F)cc3F)CC2)cc1. The average Bonchev–Trinajstić information content (AvgIpc) is 2.63. The van der Waals surface area contributed by atoms with E-state index in [0.717, 1.165) is 11.8 Å². The fourth-order valence-corrected chi connectivity index (χ4v) is 2.98. The van der Waals surface area contributed by atoms with Gasteiger partial charge in [-0.25, -0.2) is 13.6 Å². The summed E-state index contributed by atoms with van der Waals surface area (Å²) < 4.78 is 32.5. The first-order valence-corrected chi connectivity index (χ1v) is 8.95. The third-order valence-corrected chi connectivity index (χ3v) is 4.29. The maximum Gasteiger partial charge on any atom is 0.321 e. The number of ether oxygens (including phenoxy) is 1. The molecule has 0 spiro atoms. The van der Waals surface area contributed by atoms with Gasteiger partial charge in [-0.1, -0.05) is 0 Å². The number of nitrogens with zero attached hydrogens (tertiary/aromatic N) is 2. The number of carbonyl (C=O) groups excluding carboxylic acids is 1. The average molecular weight is 375 g/mol. The molecule has 0 aliphatic carbocycles. The third-order valence-electron chi connectivity index (χ3n) is 4.29.